The number of benzene rings is 3. The topological polar surface area (TPSA) is 366 Å². The van der Waals surface area contributed by atoms with Crippen LogP contribution in [0.2, 0.25) is 0 Å². The molecule has 0 spiro atoms. The third kappa shape index (κ3) is 16.9. The van der Waals surface area contributed by atoms with Crippen molar-refractivity contribution in [2.75, 3.05) is 73.8 Å². The first-order valence-electron chi connectivity index (χ1n) is 39.6. The molecule has 15 rings (SSSR count). The molecule has 6 aromatic heterocycles. The second-order valence-electron chi connectivity index (χ2n) is 32.2. The molecular formula is C82H96N18O15. The van der Waals surface area contributed by atoms with Crippen LogP contribution in [0, 0.1) is 109 Å². The molecule has 3 saturated carbocycles. The smallest absolute Gasteiger partial charge is 0.331 e. The van der Waals surface area contributed by atoms with Crippen LogP contribution in [0.25, 0.3) is 65.6 Å². The third-order valence-corrected chi connectivity index (χ3v) is 23.5. The van der Waals surface area contributed by atoms with Crippen LogP contribution in [0.3, 0.4) is 0 Å². The Morgan fingerprint density at radius 3 is 1.05 bits per heavy atom. The maximum Gasteiger partial charge on any atom is 0.331 e. The Balaban J connectivity index is 0.000000151. The average molecular weight is 1570 g/mol. The molecule has 115 heavy (non-hydrogen) atoms. The number of nitrogens with one attached hydrogen (secondary N) is 3. The first kappa shape index (κ1) is 80.9. The van der Waals surface area contributed by atoms with Crippen LogP contribution in [-0.2, 0) is 28.5 Å². The number of piperidine rings is 1. The summed E-state index contributed by atoms with van der Waals surface area (Å²) >= 11 is 0. The zero-order chi connectivity index (χ0) is 82.0. The average Bonchev–Trinajstić information content (AvgIpc) is 1.62. The van der Waals surface area contributed by atoms with Crippen LogP contribution in [-0.4, -0.2) is 160 Å². The maximum absolute atomic E-state index is 13.4. The Morgan fingerprint density at radius 2 is 0.765 bits per heavy atom. The number of nitro benzene ring substituents is 3. The quantitative estimate of drug-likeness (QED) is 0.0250. The van der Waals surface area contributed by atoms with Gasteiger partial charge in [0.2, 0.25) is 17.1 Å². The number of esters is 4. The number of hydrogen-bond acceptors (Lipinski definition) is 21. The molecule has 0 bridgehead atoms. The molecule has 3 aliphatic carbocycles. The molecule has 3 aliphatic heterocycles. The summed E-state index contributed by atoms with van der Waals surface area (Å²) in [6, 6.07) is 14.9. The monoisotopic (exact) mass is 1570 g/mol. The van der Waals surface area contributed by atoms with Gasteiger partial charge in [-0.2, -0.15) is 0 Å². The highest BCUT2D eigenvalue weighted by Gasteiger charge is 2.41. The fraction of sp³-hybridized carbons (Fsp3) is 0.512. The van der Waals surface area contributed by atoms with Gasteiger partial charge in [0.15, 0.2) is 34.4 Å². The van der Waals surface area contributed by atoms with E-state index in [4.69, 9.17) is 43.4 Å². The van der Waals surface area contributed by atoms with Crippen LogP contribution in [0.5, 0.6) is 0 Å². The zero-order valence-corrected chi connectivity index (χ0v) is 66.2. The lowest BCUT2D eigenvalue weighted by Gasteiger charge is -2.37. The second kappa shape index (κ2) is 34.3. The Morgan fingerprint density at radius 1 is 0.470 bits per heavy atom. The summed E-state index contributed by atoms with van der Waals surface area (Å²) in [7, 11) is 0. The van der Waals surface area contributed by atoms with Crippen molar-refractivity contribution in [3.63, 3.8) is 0 Å². The maximum atomic E-state index is 13.4. The van der Waals surface area contributed by atoms with Gasteiger partial charge in [-0.25, -0.2) is 43.9 Å². The lowest BCUT2D eigenvalue weighted by atomic mass is 9.75. The van der Waals surface area contributed by atoms with Crippen molar-refractivity contribution in [2.45, 2.75) is 152 Å². The molecule has 6 fully saturated rings. The number of aromatic amines is 3. The predicted molar refractivity (Wildman–Crippen MR) is 428 cm³/mol. The number of H-pyrrole nitrogens is 3. The first-order valence-corrected chi connectivity index (χ1v) is 39.6. The minimum atomic E-state index is -0.590. The molecule has 0 amide bonds. The van der Waals surface area contributed by atoms with E-state index in [0.717, 1.165) is 64.5 Å². The molecule has 33 nitrogen and oxygen atoms in total. The summed E-state index contributed by atoms with van der Waals surface area (Å²) in [4.78, 5) is 117. The molecule has 6 unspecified atom stereocenters. The van der Waals surface area contributed by atoms with Crippen molar-refractivity contribution in [3.05, 3.63) is 154 Å². The van der Waals surface area contributed by atoms with Crippen LogP contribution >= 0.6 is 0 Å². The van der Waals surface area contributed by atoms with Gasteiger partial charge in [0.1, 0.15) is 52.1 Å². The number of morpholine rings is 1. The molecule has 6 atom stereocenters. The van der Waals surface area contributed by atoms with Crippen LogP contribution in [0.15, 0.2) is 73.2 Å². The summed E-state index contributed by atoms with van der Waals surface area (Å²) < 4.78 is 32.9. The van der Waals surface area contributed by atoms with Crippen molar-refractivity contribution in [1.29, 1.82) is 0 Å². The zero-order valence-electron chi connectivity index (χ0n) is 66.2. The van der Waals surface area contributed by atoms with E-state index in [0.29, 0.717) is 128 Å². The number of rotatable bonds is 17. The second-order valence-corrected chi connectivity index (χ2v) is 32.2. The number of ether oxygens (including phenoxy) is 5. The van der Waals surface area contributed by atoms with Crippen molar-refractivity contribution < 1.29 is 57.6 Å². The summed E-state index contributed by atoms with van der Waals surface area (Å²) in [5.41, 5.74) is 4.50. The van der Waals surface area contributed by atoms with Crippen molar-refractivity contribution >= 4 is 92.0 Å². The molecule has 6 aliphatic rings. The van der Waals surface area contributed by atoms with E-state index in [1.807, 2.05) is 14.7 Å². The number of hydrogen-bond donors (Lipinski definition) is 3. The van der Waals surface area contributed by atoms with Gasteiger partial charge in [-0.05, 0) is 161 Å². The van der Waals surface area contributed by atoms with Gasteiger partial charge in [-0.1, -0.05) is 62.3 Å². The molecule has 0 radical (unpaired) electrons. The van der Waals surface area contributed by atoms with Gasteiger partial charge in [-0.3, -0.25) is 64.0 Å². The molecule has 9 aromatic rings. The SMILES string of the molecule is [C-]#[N+]c1cn2[nH]c(-c3ccc(N4CCC(C(=O)OCC)CC4)c([N+](=O)[O-])c3)nc2c1C(=O)OC1C(C)CC(C)CC1C.[C-]#[N+]c1cn2[nH]c(-c3ccc(N4CCCC4)c([N+](=O)[O-])c3)nc2c1C(=O)OC1C(C)CC(C)CC1C.[C-]#[N+]c1cn2[nH]c(-c3ccc(N4CCOCC4)c([N+](=O)[O-])c3)nc2c1C(=O)OC1C(C)CC(C)CC1C. The Bertz CT molecular complexity index is 5280. The summed E-state index contributed by atoms with van der Waals surface area (Å²) in [6.07, 6.45) is 12.8. The first-order chi connectivity index (χ1) is 55.1. The predicted octanol–water partition coefficient (Wildman–Crippen LogP) is 16.3. The van der Waals surface area contributed by atoms with Gasteiger partial charge >= 0.3 is 23.9 Å². The lowest BCUT2D eigenvalue weighted by molar-refractivity contribution is -0.384. The normalized spacial score (nSPS) is 23.7. The van der Waals surface area contributed by atoms with E-state index >= 15 is 0 Å². The van der Waals surface area contributed by atoms with Crippen molar-refractivity contribution in [1.82, 2.24) is 43.8 Å². The minimum absolute atomic E-state index is 0.0199. The number of nitrogens with zero attached hydrogens (tertiary/aromatic N) is 15. The summed E-state index contributed by atoms with van der Waals surface area (Å²) in [6.45, 7) is 48.8. The Labute approximate surface area is 663 Å². The van der Waals surface area contributed by atoms with Gasteiger partial charge in [0, 0.05) is 92.7 Å². The van der Waals surface area contributed by atoms with Crippen molar-refractivity contribution in [2.24, 2.45) is 59.2 Å². The molecular weight excluding hydrogens is 1480 g/mol. The van der Waals surface area contributed by atoms with Crippen LogP contribution in [0.4, 0.5) is 51.2 Å². The highest BCUT2D eigenvalue weighted by Crippen LogP contribution is 2.44. The summed E-state index contributed by atoms with van der Waals surface area (Å²) in [5, 5.41) is 45.0. The minimum Gasteiger partial charge on any atom is -0.466 e. The number of nitro groups is 3. The molecule has 33 heteroatoms. The van der Waals surface area contributed by atoms with Crippen LogP contribution < -0.4 is 14.7 Å². The van der Waals surface area contributed by atoms with E-state index in [1.165, 1.54) is 50.3 Å². The molecule has 3 saturated heterocycles. The number of fused-ring (bicyclic) bond motifs is 3. The molecule has 9 heterocycles. The Hall–Kier alpha value is -12.2. The molecule has 3 N–H and O–H groups in total. The highest BCUT2D eigenvalue weighted by molar-refractivity contribution is 6.05. The molecule has 604 valence electrons. The Kier molecular flexibility index (Phi) is 24.1. The standard InChI is InChI=1S/C30H36N6O6.C26H30N6O5.C26H30N6O4/c1-6-41-29(37)20-9-11-34(12-10-20)23-8-7-21(15-24(23)36(39)40)27-32-28-25(22(31-5)16-35(28)33-27)30(38)42-26-18(3)13-17(2)14-19(26)4;1-15-11-16(2)23(17(3)12-15)37-26(33)22-19(27-4)14-31-25(22)28-24(29-31)18-5-6-20(21(13-18)32(34)35)30-7-9-36-10-8-30;1-15-11-16(2)23(17(3)12-15)36-26(33)22-19(27-4)14-31-25(22)28-24(29-31)18-7-8-20(21(13-18)32(34)35)30-9-5-6-10-30/h7-8,15-20,26H,6,9-14H2,1-4H3,(H,32,33);5-6,13-17,23H,7-12H2,1-3H3,(H,28,29);7-8,13-17,23H,5-6,9-12H2,1-3H3,(H,28,29). The van der Waals surface area contributed by atoms with Gasteiger partial charge in [0.25, 0.3) is 17.1 Å². The highest BCUT2D eigenvalue weighted by atomic mass is 16.6. The van der Waals surface area contributed by atoms with E-state index in [2.05, 4.69) is 107 Å². The van der Waals surface area contributed by atoms with E-state index < -0.39 is 27.8 Å². The fourth-order valence-corrected chi connectivity index (χ4v) is 18.5. The largest absolute Gasteiger partial charge is 0.466 e. The van der Waals surface area contributed by atoms with Gasteiger partial charge < -0.3 is 38.4 Å². The van der Waals surface area contributed by atoms with E-state index in [1.54, 1.807) is 43.3 Å². The van der Waals surface area contributed by atoms with Gasteiger partial charge in [-0.15, -0.1) is 0 Å². The number of anilines is 3. The number of carbonyl (C=O) groups is 4. The van der Waals surface area contributed by atoms with Gasteiger partial charge in [0.05, 0.1) is 60.2 Å². The van der Waals surface area contributed by atoms with E-state index in [9.17, 15) is 49.5 Å². The van der Waals surface area contributed by atoms with Crippen LogP contribution in [0.1, 0.15) is 165 Å². The number of aromatic nitrogens is 9. The summed E-state index contributed by atoms with van der Waals surface area (Å²) in [5.74, 6) is 1.91. The van der Waals surface area contributed by atoms with E-state index in [-0.39, 0.29) is 138 Å². The fourth-order valence-electron chi connectivity index (χ4n) is 18.5. The van der Waals surface area contributed by atoms with Crippen molar-refractivity contribution in [3.8, 4) is 34.2 Å². The number of carbonyl (C=O) groups excluding carboxylic acids is 4. The molecule has 3 aromatic carbocycles. The third-order valence-electron chi connectivity index (χ3n) is 23.5. The lowest BCUT2D eigenvalue weighted by Crippen LogP contribution is -2.37.